The van der Waals surface area contributed by atoms with Crippen molar-refractivity contribution in [1.29, 1.82) is 0 Å². The molecule has 1 amide bonds. The summed E-state index contributed by atoms with van der Waals surface area (Å²) in [5.41, 5.74) is 0.768. The van der Waals surface area contributed by atoms with E-state index in [9.17, 15) is 4.79 Å². The molecule has 1 heterocycles. The van der Waals surface area contributed by atoms with Gasteiger partial charge in [0.05, 0.1) is 6.54 Å². The van der Waals surface area contributed by atoms with Crippen LogP contribution in [0.5, 0.6) is 0 Å². The van der Waals surface area contributed by atoms with Crippen molar-refractivity contribution in [2.45, 2.75) is 6.54 Å². The van der Waals surface area contributed by atoms with Gasteiger partial charge in [-0.05, 0) is 29.8 Å². The topological polar surface area (TPSA) is 61.9 Å². The highest BCUT2D eigenvalue weighted by Gasteiger charge is 2.07. The molecule has 0 aliphatic carbocycles. The Balaban J connectivity index is 2.01. The summed E-state index contributed by atoms with van der Waals surface area (Å²) in [6.45, 7) is 0.361. The summed E-state index contributed by atoms with van der Waals surface area (Å²) < 4.78 is 0. The van der Waals surface area contributed by atoms with Crippen molar-refractivity contribution in [3.63, 3.8) is 0 Å². The minimum atomic E-state index is -0.155. The van der Waals surface area contributed by atoms with Crippen LogP contribution in [0.2, 0.25) is 10.0 Å². The molecule has 0 saturated carbocycles. The third kappa shape index (κ3) is 4.08. The largest absolute Gasteiger partial charge is 0.335 e. The lowest BCUT2D eigenvalue weighted by Crippen LogP contribution is -2.24. The number of hydrogen-bond acceptors (Lipinski definition) is 3. The Kier molecular flexibility index (Phi) is 4.76. The number of halogens is 2. The number of carbonyl (C=O) groups is 1. The first-order valence-corrected chi connectivity index (χ1v) is 6.53. The van der Waals surface area contributed by atoms with Crippen LogP contribution in [-0.2, 0) is 11.3 Å². The van der Waals surface area contributed by atoms with Gasteiger partial charge in [-0.25, -0.2) is 4.98 Å². The number of nitrogens with one attached hydrogen (secondary N) is 1. The van der Waals surface area contributed by atoms with Gasteiger partial charge in [0.2, 0.25) is 5.91 Å². The van der Waals surface area contributed by atoms with E-state index in [2.05, 4.69) is 15.2 Å². The molecule has 0 spiro atoms. The summed E-state index contributed by atoms with van der Waals surface area (Å²) in [6, 6.07) is 5.10. The standard InChI is InChI=1S/C13H12Cl2N4O/c1-19(7-12-16-8-17-18-12)13(20)3-2-9-4-10(14)6-11(15)5-9/h2-6,8H,7H2,1H3,(H,16,17,18). The van der Waals surface area contributed by atoms with E-state index in [-0.39, 0.29) is 5.91 Å². The highest BCUT2D eigenvalue weighted by Crippen LogP contribution is 2.19. The fourth-order valence-corrected chi connectivity index (χ4v) is 2.12. The third-order valence-corrected chi connectivity index (χ3v) is 2.97. The Morgan fingerprint density at radius 3 is 2.65 bits per heavy atom. The van der Waals surface area contributed by atoms with E-state index in [4.69, 9.17) is 23.2 Å². The highest BCUT2D eigenvalue weighted by atomic mass is 35.5. The second-order valence-electron chi connectivity index (χ2n) is 4.16. The Morgan fingerprint density at radius 1 is 1.35 bits per heavy atom. The molecule has 1 N–H and O–H groups in total. The van der Waals surface area contributed by atoms with Crippen LogP contribution in [0.3, 0.4) is 0 Å². The predicted molar refractivity (Wildman–Crippen MR) is 78.4 cm³/mol. The van der Waals surface area contributed by atoms with Crippen molar-refractivity contribution in [3.8, 4) is 0 Å². The molecular formula is C13H12Cl2N4O. The van der Waals surface area contributed by atoms with Crippen LogP contribution >= 0.6 is 23.2 Å². The summed E-state index contributed by atoms with van der Waals surface area (Å²) in [7, 11) is 1.68. The minimum absolute atomic E-state index is 0.155. The van der Waals surface area contributed by atoms with E-state index < -0.39 is 0 Å². The van der Waals surface area contributed by atoms with Crippen LogP contribution in [0.1, 0.15) is 11.4 Å². The van der Waals surface area contributed by atoms with Gasteiger partial charge in [0.1, 0.15) is 12.2 Å². The first-order valence-electron chi connectivity index (χ1n) is 5.78. The Bertz CT molecular complexity index is 605. The number of carbonyl (C=O) groups excluding carboxylic acids is 1. The second-order valence-corrected chi connectivity index (χ2v) is 5.04. The van der Waals surface area contributed by atoms with Crippen molar-refractivity contribution in [2.24, 2.45) is 0 Å². The summed E-state index contributed by atoms with van der Waals surface area (Å²) in [5, 5.41) is 7.48. The van der Waals surface area contributed by atoms with E-state index in [0.29, 0.717) is 22.4 Å². The second kappa shape index (κ2) is 6.54. The van der Waals surface area contributed by atoms with E-state index in [1.807, 2.05) is 0 Å². The summed E-state index contributed by atoms with van der Waals surface area (Å²) in [5.74, 6) is 0.470. The van der Waals surface area contributed by atoms with E-state index in [0.717, 1.165) is 5.56 Å². The monoisotopic (exact) mass is 310 g/mol. The lowest BCUT2D eigenvalue weighted by atomic mass is 10.2. The molecule has 7 heteroatoms. The number of aromatic nitrogens is 3. The van der Waals surface area contributed by atoms with Crippen molar-refractivity contribution >= 4 is 35.2 Å². The normalized spacial score (nSPS) is 10.9. The van der Waals surface area contributed by atoms with Gasteiger partial charge in [-0.3, -0.25) is 9.89 Å². The van der Waals surface area contributed by atoms with Crippen molar-refractivity contribution in [1.82, 2.24) is 20.1 Å². The molecule has 0 atom stereocenters. The minimum Gasteiger partial charge on any atom is -0.335 e. The molecule has 2 rings (SSSR count). The Labute approximate surface area is 126 Å². The molecule has 0 fully saturated rings. The first-order chi connectivity index (χ1) is 9.54. The molecule has 5 nitrogen and oxygen atoms in total. The number of rotatable bonds is 4. The van der Waals surface area contributed by atoms with Gasteiger partial charge in [-0.1, -0.05) is 23.2 Å². The summed E-state index contributed by atoms with van der Waals surface area (Å²) in [6.07, 6.45) is 4.52. The number of likely N-dealkylation sites (N-methyl/N-ethyl adjacent to an activating group) is 1. The van der Waals surface area contributed by atoms with Crippen LogP contribution in [-0.4, -0.2) is 33.0 Å². The zero-order valence-electron chi connectivity index (χ0n) is 10.7. The molecule has 0 aliphatic rings. The van der Waals surface area contributed by atoms with Crippen LogP contribution in [0.4, 0.5) is 0 Å². The Hall–Kier alpha value is -1.85. The van der Waals surface area contributed by atoms with Gasteiger partial charge in [0.25, 0.3) is 0 Å². The number of nitrogens with zero attached hydrogens (tertiary/aromatic N) is 3. The maximum Gasteiger partial charge on any atom is 0.246 e. The number of H-pyrrole nitrogens is 1. The number of benzene rings is 1. The fourth-order valence-electron chi connectivity index (χ4n) is 1.58. The molecule has 0 unspecified atom stereocenters. The van der Waals surface area contributed by atoms with E-state index >= 15 is 0 Å². The van der Waals surface area contributed by atoms with Crippen LogP contribution in [0, 0.1) is 0 Å². The molecule has 0 saturated heterocycles. The van der Waals surface area contributed by atoms with E-state index in [1.165, 1.54) is 17.3 Å². The Morgan fingerprint density at radius 2 is 2.05 bits per heavy atom. The van der Waals surface area contributed by atoms with Crippen molar-refractivity contribution < 1.29 is 4.79 Å². The average molecular weight is 311 g/mol. The lowest BCUT2D eigenvalue weighted by Gasteiger charge is -2.12. The molecule has 0 bridgehead atoms. The van der Waals surface area contributed by atoms with Crippen molar-refractivity contribution in [3.05, 3.63) is 52.0 Å². The zero-order chi connectivity index (χ0) is 14.5. The highest BCUT2D eigenvalue weighted by molar-refractivity contribution is 6.34. The number of hydrogen-bond donors (Lipinski definition) is 1. The van der Waals surface area contributed by atoms with Crippen LogP contribution < -0.4 is 0 Å². The van der Waals surface area contributed by atoms with Crippen LogP contribution in [0.25, 0.3) is 6.08 Å². The molecule has 2 aromatic rings. The molecule has 0 radical (unpaired) electrons. The van der Waals surface area contributed by atoms with Gasteiger partial charge in [-0.15, -0.1) is 0 Å². The lowest BCUT2D eigenvalue weighted by molar-refractivity contribution is -0.125. The van der Waals surface area contributed by atoms with Crippen LogP contribution in [0.15, 0.2) is 30.6 Å². The smallest absolute Gasteiger partial charge is 0.246 e. The van der Waals surface area contributed by atoms with Gasteiger partial charge < -0.3 is 4.90 Å². The summed E-state index contributed by atoms with van der Waals surface area (Å²) in [4.78, 5) is 17.4. The first kappa shape index (κ1) is 14.6. The zero-order valence-corrected chi connectivity index (χ0v) is 12.2. The number of amides is 1. The van der Waals surface area contributed by atoms with Gasteiger partial charge in [0.15, 0.2) is 0 Å². The quantitative estimate of drug-likeness (QED) is 0.883. The SMILES string of the molecule is CN(Cc1ncn[nH]1)C(=O)C=Cc1cc(Cl)cc(Cl)c1. The molecular weight excluding hydrogens is 299 g/mol. The molecule has 104 valence electrons. The molecule has 1 aromatic heterocycles. The van der Waals surface area contributed by atoms with Gasteiger partial charge >= 0.3 is 0 Å². The molecule has 0 aliphatic heterocycles. The summed E-state index contributed by atoms with van der Waals surface area (Å²) >= 11 is 11.8. The fraction of sp³-hybridized carbons (Fsp3) is 0.154. The third-order valence-electron chi connectivity index (χ3n) is 2.53. The van der Waals surface area contributed by atoms with Gasteiger partial charge in [-0.2, -0.15) is 5.10 Å². The number of aromatic amines is 1. The predicted octanol–water partition coefficient (Wildman–Crippen LogP) is 2.78. The maximum absolute atomic E-state index is 11.9. The maximum atomic E-state index is 11.9. The average Bonchev–Trinajstić information content (AvgIpc) is 2.87. The van der Waals surface area contributed by atoms with E-state index in [1.54, 1.807) is 31.3 Å². The van der Waals surface area contributed by atoms with Crippen molar-refractivity contribution in [2.75, 3.05) is 7.05 Å². The molecule has 20 heavy (non-hydrogen) atoms. The molecule has 1 aromatic carbocycles. The van der Waals surface area contributed by atoms with Gasteiger partial charge in [0, 0.05) is 23.2 Å².